The average Bonchev–Trinajstić information content (AvgIpc) is 2.88. The first-order valence-electron chi connectivity index (χ1n) is 7.57. The van der Waals surface area contributed by atoms with Gasteiger partial charge in [-0.05, 0) is 32.4 Å². The lowest BCUT2D eigenvalue weighted by atomic mass is 10.1. The molecule has 6 nitrogen and oxygen atoms in total. The van der Waals surface area contributed by atoms with Crippen LogP contribution in [0.25, 0.3) is 10.9 Å². The number of H-pyrrole nitrogens is 1. The standard InChI is InChI=1S/C17H21ClN2O4/c1-17(2,3)24-16(22)20-14(15(21)23-10-18)8-11-9-19-13-7-5-4-6-12(11)13/h4-7,9,14,19H,8,10H2,1-3H3,(H,20,22)/t14-/m0/s1. The number of aromatic nitrogens is 1. The minimum atomic E-state index is -0.891. The van der Waals surface area contributed by atoms with Gasteiger partial charge in [-0.2, -0.15) is 0 Å². The Balaban J connectivity index is 2.17. The van der Waals surface area contributed by atoms with Crippen LogP contribution < -0.4 is 5.32 Å². The Kier molecular flexibility index (Phi) is 5.72. The number of hydrogen-bond acceptors (Lipinski definition) is 4. The zero-order valence-corrected chi connectivity index (χ0v) is 14.6. The molecule has 1 heterocycles. The van der Waals surface area contributed by atoms with Crippen LogP contribution in [0.2, 0.25) is 0 Å². The summed E-state index contributed by atoms with van der Waals surface area (Å²) in [4.78, 5) is 27.2. The fourth-order valence-electron chi connectivity index (χ4n) is 2.32. The minimum Gasteiger partial charge on any atom is -0.448 e. The predicted molar refractivity (Wildman–Crippen MR) is 92.0 cm³/mol. The number of aromatic amines is 1. The van der Waals surface area contributed by atoms with Crippen LogP contribution in [0.5, 0.6) is 0 Å². The van der Waals surface area contributed by atoms with E-state index in [1.807, 2.05) is 30.5 Å². The average molecular weight is 353 g/mol. The van der Waals surface area contributed by atoms with Crippen molar-refractivity contribution in [3.63, 3.8) is 0 Å². The van der Waals surface area contributed by atoms with Crippen LogP contribution in [0, 0.1) is 0 Å². The first-order chi connectivity index (χ1) is 11.3. The van der Waals surface area contributed by atoms with E-state index in [2.05, 4.69) is 10.3 Å². The summed E-state index contributed by atoms with van der Waals surface area (Å²) in [6.45, 7) is 5.25. The Bertz CT molecular complexity index is 721. The molecule has 0 bridgehead atoms. The number of carbonyl (C=O) groups is 2. The Morgan fingerprint density at radius 1 is 1.29 bits per heavy atom. The van der Waals surface area contributed by atoms with Gasteiger partial charge in [0.15, 0.2) is 6.07 Å². The number of nitrogens with one attached hydrogen (secondary N) is 2. The van der Waals surface area contributed by atoms with Crippen molar-refractivity contribution in [2.24, 2.45) is 0 Å². The summed E-state index contributed by atoms with van der Waals surface area (Å²) in [5.41, 5.74) is 1.18. The molecule has 2 rings (SSSR count). The minimum absolute atomic E-state index is 0.263. The van der Waals surface area contributed by atoms with Gasteiger partial charge in [-0.15, -0.1) is 0 Å². The molecule has 1 aromatic carbocycles. The number of halogens is 1. The number of rotatable bonds is 5. The second kappa shape index (κ2) is 7.57. The second-order valence-corrected chi connectivity index (χ2v) is 6.55. The van der Waals surface area contributed by atoms with E-state index in [4.69, 9.17) is 21.1 Å². The molecule has 1 atom stereocenters. The number of ether oxygens (including phenoxy) is 2. The molecule has 1 amide bonds. The maximum Gasteiger partial charge on any atom is 0.408 e. The molecule has 0 aliphatic carbocycles. The van der Waals surface area contributed by atoms with Crippen molar-refractivity contribution in [3.05, 3.63) is 36.0 Å². The van der Waals surface area contributed by atoms with Crippen LogP contribution in [-0.4, -0.2) is 34.8 Å². The Labute approximate surface area is 145 Å². The fraction of sp³-hybridized carbons (Fsp3) is 0.412. The van der Waals surface area contributed by atoms with Gasteiger partial charge in [0.1, 0.15) is 11.6 Å². The number of para-hydroxylation sites is 1. The highest BCUT2D eigenvalue weighted by Gasteiger charge is 2.26. The molecule has 0 unspecified atom stereocenters. The Morgan fingerprint density at radius 2 is 2.00 bits per heavy atom. The van der Waals surface area contributed by atoms with Crippen molar-refractivity contribution in [3.8, 4) is 0 Å². The van der Waals surface area contributed by atoms with E-state index in [0.717, 1.165) is 16.5 Å². The molecule has 2 aromatic rings. The molecule has 130 valence electrons. The van der Waals surface area contributed by atoms with Crippen molar-refractivity contribution in [1.82, 2.24) is 10.3 Å². The van der Waals surface area contributed by atoms with Gasteiger partial charge in [0.25, 0.3) is 0 Å². The molecule has 0 fully saturated rings. The number of alkyl carbamates (subject to hydrolysis) is 1. The number of carbonyl (C=O) groups excluding carboxylic acids is 2. The van der Waals surface area contributed by atoms with Crippen LogP contribution in [0.1, 0.15) is 26.3 Å². The zero-order valence-electron chi connectivity index (χ0n) is 13.9. The molecule has 24 heavy (non-hydrogen) atoms. The number of alkyl halides is 1. The molecule has 0 aliphatic heterocycles. The topological polar surface area (TPSA) is 80.4 Å². The molecule has 1 aromatic heterocycles. The number of esters is 1. The summed E-state index contributed by atoms with van der Waals surface area (Å²) in [7, 11) is 0. The number of fused-ring (bicyclic) bond motifs is 1. The van der Waals surface area contributed by atoms with Gasteiger partial charge >= 0.3 is 12.1 Å². The molecule has 2 N–H and O–H groups in total. The van der Waals surface area contributed by atoms with Crippen LogP contribution in [0.15, 0.2) is 30.5 Å². The third kappa shape index (κ3) is 4.89. The lowest BCUT2D eigenvalue weighted by Crippen LogP contribution is -2.45. The third-order valence-electron chi connectivity index (χ3n) is 3.27. The Hall–Kier alpha value is -2.21. The van der Waals surface area contributed by atoms with E-state index in [9.17, 15) is 9.59 Å². The zero-order chi connectivity index (χ0) is 17.7. The third-order valence-corrected chi connectivity index (χ3v) is 3.38. The predicted octanol–water partition coefficient (Wildman–Crippen LogP) is 3.34. The molecular weight excluding hydrogens is 332 g/mol. The van der Waals surface area contributed by atoms with Crippen molar-refractivity contribution in [2.45, 2.75) is 38.8 Å². The highest BCUT2D eigenvalue weighted by Crippen LogP contribution is 2.19. The van der Waals surface area contributed by atoms with Gasteiger partial charge < -0.3 is 19.8 Å². The highest BCUT2D eigenvalue weighted by atomic mass is 35.5. The largest absolute Gasteiger partial charge is 0.448 e. The quantitative estimate of drug-likeness (QED) is 0.638. The van der Waals surface area contributed by atoms with E-state index in [0.29, 0.717) is 0 Å². The first kappa shape index (κ1) is 18.1. The summed E-state index contributed by atoms with van der Waals surface area (Å²) >= 11 is 5.47. The van der Waals surface area contributed by atoms with Crippen LogP contribution >= 0.6 is 11.6 Å². The van der Waals surface area contributed by atoms with Crippen molar-refractivity contribution in [1.29, 1.82) is 0 Å². The SMILES string of the molecule is CC(C)(C)OC(=O)N[C@@H](Cc1c[nH]c2ccccc12)C(=O)OCCl. The molecule has 0 saturated carbocycles. The molecular formula is C17H21ClN2O4. The molecule has 7 heteroatoms. The molecule has 0 spiro atoms. The molecule has 0 radical (unpaired) electrons. The lowest BCUT2D eigenvalue weighted by Gasteiger charge is -2.22. The van der Waals surface area contributed by atoms with Crippen molar-refractivity contribution >= 4 is 34.6 Å². The smallest absolute Gasteiger partial charge is 0.408 e. The van der Waals surface area contributed by atoms with Crippen LogP contribution in [-0.2, 0) is 20.7 Å². The van der Waals surface area contributed by atoms with Gasteiger partial charge in [-0.25, -0.2) is 9.59 Å². The normalized spacial score (nSPS) is 12.7. The summed E-state index contributed by atoms with van der Waals surface area (Å²) < 4.78 is 10.0. The van der Waals surface area contributed by atoms with E-state index >= 15 is 0 Å². The summed E-state index contributed by atoms with van der Waals surface area (Å²) in [5, 5.41) is 3.53. The van der Waals surface area contributed by atoms with E-state index < -0.39 is 23.7 Å². The lowest BCUT2D eigenvalue weighted by molar-refractivity contribution is -0.144. The molecule has 0 aliphatic rings. The van der Waals surface area contributed by atoms with Crippen molar-refractivity contribution in [2.75, 3.05) is 6.07 Å². The van der Waals surface area contributed by atoms with Gasteiger partial charge in [0.2, 0.25) is 0 Å². The number of benzene rings is 1. The van der Waals surface area contributed by atoms with Gasteiger partial charge in [-0.3, -0.25) is 0 Å². The summed E-state index contributed by atoms with van der Waals surface area (Å²) in [6, 6.07) is 6.54. The van der Waals surface area contributed by atoms with E-state index in [1.165, 1.54) is 0 Å². The van der Waals surface area contributed by atoms with Crippen LogP contribution in [0.3, 0.4) is 0 Å². The molecule has 0 saturated heterocycles. The van der Waals surface area contributed by atoms with Gasteiger partial charge in [-0.1, -0.05) is 29.8 Å². The van der Waals surface area contributed by atoms with Gasteiger partial charge in [0.05, 0.1) is 0 Å². The van der Waals surface area contributed by atoms with E-state index in [-0.39, 0.29) is 12.5 Å². The maximum atomic E-state index is 12.1. The highest BCUT2D eigenvalue weighted by molar-refractivity contribution is 6.17. The second-order valence-electron chi connectivity index (χ2n) is 6.33. The van der Waals surface area contributed by atoms with Crippen LogP contribution in [0.4, 0.5) is 4.79 Å². The first-order valence-corrected chi connectivity index (χ1v) is 8.10. The number of amides is 1. The summed E-state index contributed by atoms with van der Waals surface area (Å²) in [5.74, 6) is -0.610. The monoisotopic (exact) mass is 352 g/mol. The van der Waals surface area contributed by atoms with Crippen molar-refractivity contribution < 1.29 is 19.1 Å². The fourth-order valence-corrected chi connectivity index (χ4v) is 2.43. The number of hydrogen-bond donors (Lipinski definition) is 2. The Morgan fingerprint density at radius 3 is 2.67 bits per heavy atom. The van der Waals surface area contributed by atoms with E-state index in [1.54, 1.807) is 20.8 Å². The summed E-state index contributed by atoms with van der Waals surface area (Å²) in [6.07, 6.45) is 1.39. The van der Waals surface area contributed by atoms with Gasteiger partial charge in [0, 0.05) is 23.5 Å². The maximum absolute atomic E-state index is 12.1.